The fourth-order valence-corrected chi connectivity index (χ4v) is 4.16. The van der Waals surface area contributed by atoms with Gasteiger partial charge in [-0.2, -0.15) is 9.78 Å². The first-order valence-corrected chi connectivity index (χ1v) is 12.0. The van der Waals surface area contributed by atoms with Crippen molar-refractivity contribution in [2.75, 3.05) is 5.73 Å². The maximum Gasteiger partial charge on any atom is 0.257 e. The Bertz CT molecular complexity index is 1550. The molecular formula is C29H28N6O. The van der Waals surface area contributed by atoms with Crippen LogP contribution in [0, 0.1) is 6.92 Å². The van der Waals surface area contributed by atoms with Gasteiger partial charge in [0, 0.05) is 6.04 Å². The minimum Gasteiger partial charge on any atom is -0.383 e. The van der Waals surface area contributed by atoms with E-state index in [4.69, 9.17) is 15.7 Å². The maximum absolute atomic E-state index is 13.4. The third-order valence-electron chi connectivity index (χ3n) is 6.19. The number of hydrogen-bond acceptors (Lipinski definition) is 5. The number of carbonyl (C=O) groups excluding carboxylic acids is 1. The number of nitrogen functional groups attached to an aromatic ring is 1. The average Bonchev–Trinajstić information content (AvgIpc) is 3.16. The van der Waals surface area contributed by atoms with E-state index in [2.05, 4.69) is 22.6 Å². The highest BCUT2D eigenvalue weighted by molar-refractivity contribution is 6.10. The summed E-state index contributed by atoms with van der Waals surface area (Å²) in [7, 11) is 0. The van der Waals surface area contributed by atoms with Crippen molar-refractivity contribution in [3.8, 4) is 0 Å². The zero-order valence-corrected chi connectivity index (χ0v) is 20.3. The van der Waals surface area contributed by atoms with Crippen molar-refractivity contribution in [1.82, 2.24) is 20.0 Å². The number of nitrogens with one attached hydrogen (secondary N) is 1. The molecule has 7 heteroatoms. The van der Waals surface area contributed by atoms with Crippen LogP contribution in [0.4, 0.5) is 5.82 Å². The van der Waals surface area contributed by atoms with Crippen molar-refractivity contribution in [3.63, 3.8) is 0 Å². The van der Waals surface area contributed by atoms with Crippen molar-refractivity contribution >= 4 is 40.1 Å². The average molecular weight is 477 g/mol. The monoisotopic (exact) mass is 476 g/mol. The Kier molecular flexibility index (Phi) is 6.45. The molecule has 0 radical (unpaired) electrons. The molecule has 0 bridgehead atoms. The van der Waals surface area contributed by atoms with E-state index in [9.17, 15) is 4.79 Å². The van der Waals surface area contributed by atoms with Gasteiger partial charge in [-0.3, -0.25) is 4.79 Å². The Hall–Kier alpha value is -4.52. The largest absolute Gasteiger partial charge is 0.383 e. The van der Waals surface area contributed by atoms with Crippen molar-refractivity contribution in [2.24, 2.45) is 5.10 Å². The highest BCUT2D eigenvalue weighted by Gasteiger charge is 2.25. The molecule has 36 heavy (non-hydrogen) atoms. The predicted octanol–water partition coefficient (Wildman–Crippen LogP) is 5.11. The van der Waals surface area contributed by atoms with Gasteiger partial charge in [0.15, 0.2) is 5.65 Å². The van der Waals surface area contributed by atoms with Crippen LogP contribution in [-0.4, -0.2) is 32.8 Å². The Morgan fingerprint density at radius 2 is 1.67 bits per heavy atom. The fraction of sp³-hybridized carbons (Fsp3) is 0.172. The number of rotatable bonds is 7. The molecule has 3 aromatic carbocycles. The molecule has 0 aliphatic carbocycles. The van der Waals surface area contributed by atoms with Gasteiger partial charge in [-0.15, -0.1) is 0 Å². The Morgan fingerprint density at radius 1 is 1.00 bits per heavy atom. The van der Waals surface area contributed by atoms with Crippen LogP contribution >= 0.6 is 0 Å². The van der Waals surface area contributed by atoms with Crippen LogP contribution in [0.5, 0.6) is 0 Å². The maximum atomic E-state index is 13.4. The van der Waals surface area contributed by atoms with E-state index >= 15 is 0 Å². The summed E-state index contributed by atoms with van der Waals surface area (Å²) in [6.07, 6.45) is 3.37. The van der Waals surface area contributed by atoms with Gasteiger partial charge in [0.05, 0.1) is 17.2 Å². The molecule has 180 valence electrons. The zero-order valence-electron chi connectivity index (χ0n) is 20.3. The van der Waals surface area contributed by atoms with E-state index in [-0.39, 0.29) is 23.3 Å². The molecule has 1 amide bonds. The van der Waals surface area contributed by atoms with Crippen molar-refractivity contribution in [1.29, 1.82) is 0 Å². The van der Waals surface area contributed by atoms with Crippen LogP contribution < -0.4 is 11.1 Å². The molecule has 5 aromatic rings. The second kappa shape index (κ2) is 10.00. The van der Waals surface area contributed by atoms with Gasteiger partial charge in [-0.25, -0.2) is 9.97 Å². The van der Waals surface area contributed by atoms with Gasteiger partial charge in [0.2, 0.25) is 0 Å². The standard InChI is InChI=1S/C29H28N6O/c1-19-12-15-22(16-13-19)18-31-35-27(30)25(26-28(35)34-24-11-7-6-10-23(24)33-26)29(36)32-20(2)14-17-21-8-4-3-5-9-21/h3-13,15-16,18,20H,14,17,30H2,1-2H3,(H,32,36)/b31-18-/t20-/m1/s1. The molecule has 5 rings (SSSR count). The van der Waals surface area contributed by atoms with Gasteiger partial charge >= 0.3 is 0 Å². The number of fused-ring (bicyclic) bond motifs is 2. The van der Waals surface area contributed by atoms with E-state index in [0.717, 1.165) is 24.0 Å². The third kappa shape index (κ3) is 4.81. The van der Waals surface area contributed by atoms with Crippen LogP contribution in [0.1, 0.15) is 40.4 Å². The molecule has 3 N–H and O–H groups in total. The lowest BCUT2D eigenvalue weighted by atomic mass is 10.1. The molecule has 2 aromatic heterocycles. The van der Waals surface area contributed by atoms with Crippen molar-refractivity contribution in [2.45, 2.75) is 32.7 Å². The lowest BCUT2D eigenvalue weighted by Crippen LogP contribution is -2.33. The van der Waals surface area contributed by atoms with E-state index in [1.54, 1.807) is 6.21 Å². The number of amides is 1. The van der Waals surface area contributed by atoms with Crippen LogP contribution in [0.25, 0.3) is 22.2 Å². The minimum absolute atomic E-state index is 0.0556. The summed E-state index contributed by atoms with van der Waals surface area (Å²) >= 11 is 0. The third-order valence-corrected chi connectivity index (χ3v) is 6.19. The first-order valence-electron chi connectivity index (χ1n) is 12.0. The number of benzene rings is 3. The van der Waals surface area contributed by atoms with Gasteiger partial charge < -0.3 is 11.1 Å². The number of nitrogens with two attached hydrogens (primary N) is 1. The van der Waals surface area contributed by atoms with Gasteiger partial charge in [-0.1, -0.05) is 72.3 Å². The molecule has 0 saturated heterocycles. The summed E-state index contributed by atoms with van der Waals surface area (Å²) in [5, 5.41) is 7.67. The van der Waals surface area contributed by atoms with Gasteiger partial charge in [0.25, 0.3) is 5.91 Å². The molecule has 0 fully saturated rings. The Morgan fingerprint density at radius 3 is 2.39 bits per heavy atom. The highest BCUT2D eigenvalue weighted by Crippen LogP contribution is 2.28. The van der Waals surface area contributed by atoms with Crippen LogP contribution in [0.3, 0.4) is 0 Å². The Labute approximate surface area is 209 Å². The fourth-order valence-electron chi connectivity index (χ4n) is 4.16. The molecular weight excluding hydrogens is 448 g/mol. The second-order valence-electron chi connectivity index (χ2n) is 9.01. The minimum atomic E-state index is -0.285. The van der Waals surface area contributed by atoms with Crippen LogP contribution in [0.15, 0.2) is 84.0 Å². The number of aromatic nitrogens is 3. The van der Waals surface area contributed by atoms with Gasteiger partial charge in [0.1, 0.15) is 16.9 Å². The summed E-state index contributed by atoms with van der Waals surface area (Å²) in [5.41, 5.74) is 12.4. The second-order valence-corrected chi connectivity index (χ2v) is 9.01. The first-order chi connectivity index (χ1) is 17.5. The van der Waals surface area contributed by atoms with E-state index in [1.165, 1.54) is 10.2 Å². The molecule has 0 aliphatic rings. The van der Waals surface area contributed by atoms with Crippen molar-refractivity contribution in [3.05, 3.63) is 101 Å². The lowest BCUT2D eigenvalue weighted by molar-refractivity contribution is 0.0940. The molecule has 0 aliphatic heterocycles. The lowest BCUT2D eigenvalue weighted by Gasteiger charge is -2.14. The molecule has 1 atom stereocenters. The number of nitrogens with zero attached hydrogens (tertiary/aromatic N) is 4. The van der Waals surface area contributed by atoms with E-state index < -0.39 is 0 Å². The summed E-state index contributed by atoms with van der Waals surface area (Å²) in [6, 6.07) is 25.7. The molecule has 7 nitrogen and oxygen atoms in total. The Balaban J connectivity index is 1.49. The highest BCUT2D eigenvalue weighted by atomic mass is 16.1. The smallest absolute Gasteiger partial charge is 0.257 e. The predicted molar refractivity (Wildman–Crippen MR) is 145 cm³/mol. The SMILES string of the molecule is Cc1ccc(/C=N\n2c(N)c(C(=O)N[C@H](C)CCc3ccccc3)c3nc4ccccc4nc32)cc1. The number of hydrogen-bond donors (Lipinski definition) is 2. The van der Waals surface area contributed by atoms with E-state index in [1.807, 2.05) is 80.6 Å². The molecule has 0 unspecified atom stereocenters. The van der Waals surface area contributed by atoms with Crippen LogP contribution in [-0.2, 0) is 6.42 Å². The quantitative estimate of drug-likeness (QED) is 0.319. The first kappa shape index (κ1) is 23.2. The molecule has 0 saturated carbocycles. The van der Waals surface area contributed by atoms with Crippen LogP contribution in [0.2, 0.25) is 0 Å². The number of carbonyl (C=O) groups is 1. The molecule has 0 spiro atoms. The topological polar surface area (TPSA) is 98.2 Å². The normalized spacial score (nSPS) is 12.4. The number of aryl methyl sites for hydroxylation is 2. The van der Waals surface area contributed by atoms with Crippen molar-refractivity contribution < 1.29 is 4.79 Å². The zero-order chi connectivity index (χ0) is 25.1. The summed E-state index contributed by atoms with van der Waals surface area (Å²) in [4.78, 5) is 22.9. The summed E-state index contributed by atoms with van der Waals surface area (Å²) in [5.74, 6) is -0.0802. The van der Waals surface area contributed by atoms with E-state index in [0.29, 0.717) is 22.2 Å². The number of anilines is 1. The summed E-state index contributed by atoms with van der Waals surface area (Å²) in [6.45, 7) is 4.03. The summed E-state index contributed by atoms with van der Waals surface area (Å²) < 4.78 is 1.50. The molecule has 2 heterocycles. The van der Waals surface area contributed by atoms with Gasteiger partial charge in [-0.05, 0) is 49.9 Å². The number of para-hydroxylation sites is 2.